The molecule has 2 unspecified atom stereocenters. The minimum absolute atomic E-state index is 0.148. The summed E-state index contributed by atoms with van der Waals surface area (Å²) in [5.74, 6) is 1.88. The number of hydrogen-bond acceptors (Lipinski definition) is 3. The number of nitrogens with two attached hydrogens (primary N) is 1. The number of furan rings is 1. The van der Waals surface area contributed by atoms with Gasteiger partial charge in [-0.1, -0.05) is 6.92 Å². The minimum atomic E-state index is 0.148. The minimum Gasteiger partial charge on any atom is -0.468 e. The van der Waals surface area contributed by atoms with Gasteiger partial charge in [0.15, 0.2) is 0 Å². The molecule has 90 valence electrons. The van der Waals surface area contributed by atoms with Crippen LogP contribution in [0.15, 0.2) is 22.8 Å². The molecular formula is C13H22N2O. The van der Waals surface area contributed by atoms with Gasteiger partial charge in [0.1, 0.15) is 5.76 Å². The highest BCUT2D eigenvalue weighted by atomic mass is 16.3. The molecule has 16 heavy (non-hydrogen) atoms. The fourth-order valence-electron chi connectivity index (χ4n) is 2.26. The van der Waals surface area contributed by atoms with E-state index in [9.17, 15) is 0 Å². The van der Waals surface area contributed by atoms with Gasteiger partial charge in [-0.15, -0.1) is 0 Å². The van der Waals surface area contributed by atoms with Gasteiger partial charge in [-0.25, -0.2) is 0 Å². The van der Waals surface area contributed by atoms with Gasteiger partial charge in [-0.2, -0.15) is 0 Å². The van der Waals surface area contributed by atoms with E-state index in [1.807, 2.05) is 12.1 Å². The van der Waals surface area contributed by atoms with Crippen LogP contribution in [0, 0.1) is 5.92 Å². The summed E-state index contributed by atoms with van der Waals surface area (Å²) in [6.45, 7) is 3.27. The SMILES string of the molecule is CCC(N)C(c1ccco1)N(C)CC1CC1. The van der Waals surface area contributed by atoms with Crippen molar-refractivity contribution in [1.82, 2.24) is 4.90 Å². The number of hydrogen-bond donors (Lipinski definition) is 1. The summed E-state index contributed by atoms with van der Waals surface area (Å²) in [4.78, 5) is 2.35. The zero-order chi connectivity index (χ0) is 11.5. The smallest absolute Gasteiger partial charge is 0.122 e. The lowest BCUT2D eigenvalue weighted by molar-refractivity contribution is 0.176. The van der Waals surface area contributed by atoms with Crippen LogP contribution < -0.4 is 5.73 Å². The van der Waals surface area contributed by atoms with E-state index in [2.05, 4.69) is 18.9 Å². The Labute approximate surface area is 97.6 Å². The van der Waals surface area contributed by atoms with E-state index in [0.29, 0.717) is 0 Å². The second kappa shape index (κ2) is 5.02. The highest BCUT2D eigenvalue weighted by molar-refractivity contribution is 5.07. The number of nitrogens with zero attached hydrogens (tertiary/aromatic N) is 1. The summed E-state index contributed by atoms with van der Waals surface area (Å²) in [7, 11) is 2.15. The average molecular weight is 222 g/mol. The van der Waals surface area contributed by atoms with Crippen LogP contribution in [0.25, 0.3) is 0 Å². The molecule has 1 heterocycles. The van der Waals surface area contributed by atoms with Crippen LogP contribution in [-0.2, 0) is 0 Å². The van der Waals surface area contributed by atoms with Crippen molar-refractivity contribution in [1.29, 1.82) is 0 Å². The first-order valence-electron chi connectivity index (χ1n) is 6.21. The molecule has 2 N–H and O–H groups in total. The average Bonchev–Trinajstić information content (AvgIpc) is 2.92. The molecule has 1 aliphatic carbocycles. The first kappa shape index (κ1) is 11.7. The lowest BCUT2D eigenvalue weighted by Gasteiger charge is -2.30. The monoisotopic (exact) mass is 222 g/mol. The first-order valence-corrected chi connectivity index (χ1v) is 6.21. The highest BCUT2D eigenvalue weighted by Crippen LogP contribution is 2.33. The molecule has 1 aliphatic rings. The molecule has 3 nitrogen and oxygen atoms in total. The largest absolute Gasteiger partial charge is 0.468 e. The first-order chi connectivity index (χ1) is 7.72. The quantitative estimate of drug-likeness (QED) is 0.803. The van der Waals surface area contributed by atoms with E-state index in [4.69, 9.17) is 10.2 Å². The lowest BCUT2D eigenvalue weighted by Crippen LogP contribution is -2.39. The normalized spacial score (nSPS) is 20.0. The van der Waals surface area contributed by atoms with Crippen LogP contribution in [0.5, 0.6) is 0 Å². The Hall–Kier alpha value is -0.800. The Morgan fingerprint density at radius 1 is 1.56 bits per heavy atom. The van der Waals surface area contributed by atoms with Crippen molar-refractivity contribution in [3.05, 3.63) is 24.2 Å². The maximum absolute atomic E-state index is 6.20. The molecule has 1 fully saturated rings. The Morgan fingerprint density at radius 3 is 2.81 bits per heavy atom. The Morgan fingerprint density at radius 2 is 2.31 bits per heavy atom. The molecule has 2 rings (SSSR count). The topological polar surface area (TPSA) is 42.4 Å². The maximum Gasteiger partial charge on any atom is 0.122 e. The van der Waals surface area contributed by atoms with Crippen LogP contribution in [0.3, 0.4) is 0 Å². The van der Waals surface area contributed by atoms with E-state index >= 15 is 0 Å². The van der Waals surface area contributed by atoms with Gasteiger partial charge in [0, 0.05) is 12.6 Å². The number of rotatable bonds is 6. The summed E-state index contributed by atoms with van der Waals surface area (Å²) >= 11 is 0. The Kier molecular flexibility index (Phi) is 3.66. The molecule has 1 aromatic rings. The van der Waals surface area contributed by atoms with Crippen molar-refractivity contribution >= 4 is 0 Å². The Balaban J connectivity index is 2.06. The van der Waals surface area contributed by atoms with Gasteiger partial charge in [-0.05, 0) is 44.4 Å². The molecule has 0 saturated heterocycles. The molecule has 2 atom stereocenters. The van der Waals surface area contributed by atoms with E-state index in [0.717, 1.165) is 24.6 Å². The summed E-state index contributed by atoms with van der Waals surface area (Å²) in [5, 5.41) is 0. The predicted octanol–water partition coefficient (Wildman–Crippen LogP) is 2.40. The Bertz CT molecular complexity index is 306. The fourth-order valence-corrected chi connectivity index (χ4v) is 2.26. The molecule has 0 aromatic carbocycles. The zero-order valence-electron chi connectivity index (χ0n) is 10.2. The van der Waals surface area contributed by atoms with Crippen molar-refractivity contribution < 1.29 is 4.42 Å². The molecule has 0 spiro atoms. The van der Waals surface area contributed by atoms with Crippen molar-refractivity contribution in [2.45, 2.75) is 38.3 Å². The third-order valence-corrected chi connectivity index (χ3v) is 3.43. The highest BCUT2D eigenvalue weighted by Gasteiger charge is 2.30. The van der Waals surface area contributed by atoms with Crippen LogP contribution in [0.2, 0.25) is 0 Å². The lowest BCUT2D eigenvalue weighted by atomic mass is 10.0. The van der Waals surface area contributed by atoms with Gasteiger partial charge >= 0.3 is 0 Å². The summed E-state index contributed by atoms with van der Waals surface area (Å²) in [6.07, 6.45) is 5.45. The second-order valence-corrected chi connectivity index (χ2v) is 4.92. The van der Waals surface area contributed by atoms with Gasteiger partial charge in [0.05, 0.1) is 12.3 Å². The van der Waals surface area contributed by atoms with Gasteiger partial charge in [-0.3, -0.25) is 4.90 Å². The number of likely N-dealkylation sites (N-methyl/N-ethyl adjacent to an activating group) is 1. The van der Waals surface area contributed by atoms with Crippen molar-refractivity contribution in [3.8, 4) is 0 Å². The summed E-state index contributed by atoms with van der Waals surface area (Å²) < 4.78 is 5.52. The van der Waals surface area contributed by atoms with Crippen LogP contribution >= 0.6 is 0 Å². The van der Waals surface area contributed by atoms with Crippen molar-refractivity contribution in [2.75, 3.05) is 13.6 Å². The van der Waals surface area contributed by atoms with E-state index in [1.165, 1.54) is 12.8 Å². The van der Waals surface area contributed by atoms with Gasteiger partial charge < -0.3 is 10.2 Å². The second-order valence-electron chi connectivity index (χ2n) is 4.92. The van der Waals surface area contributed by atoms with E-state index < -0.39 is 0 Å². The van der Waals surface area contributed by atoms with E-state index in [1.54, 1.807) is 6.26 Å². The fraction of sp³-hybridized carbons (Fsp3) is 0.692. The summed E-state index contributed by atoms with van der Waals surface area (Å²) in [5.41, 5.74) is 6.20. The van der Waals surface area contributed by atoms with Crippen LogP contribution in [-0.4, -0.2) is 24.5 Å². The zero-order valence-corrected chi connectivity index (χ0v) is 10.2. The van der Waals surface area contributed by atoms with E-state index in [-0.39, 0.29) is 12.1 Å². The van der Waals surface area contributed by atoms with Crippen LogP contribution in [0.4, 0.5) is 0 Å². The molecule has 0 bridgehead atoms. The maximum atomic E-state index is 6.20. The van der Waals surface area contributed by atoms with Crippen LogP contribution in [0.1, 0.15) is 38.0 Å². The standard InChI is InChI=1S/C13H22N2O/c1-3-11(14)13(12-5-4-8-16-12)15(2)9-10-6-7-10/h4-5,8,10-11,13H,3,6-7,9,14H2,1-2H3. The predicted molar refractivity (Wildman–Crippen MR) is 65.1 cm³/mol. The van der Waals surface area contributed by atoms with Crippen molar-refractivity contribution in [2.24, 2.45) is 11.7 Å². The van der Waals surface area contributed by atoms with Crippen molar-refractivity contribution in [3.63, 3.8) is 0 Å². The molecule has 0 amide bonds. The third-order valence-electron chi connectivity index (χ3n) is 3.43. The third kappa shape index (κ3) is 2.66. The molecule has 0 radical (unpaired) electrons. The van der Waals surface area contributed by atoms with Gasteiger partial charge in [0.2, 0.25) is 0 Å². The molecule has 1 aromatic heterocycles. The molecule has 3 heteroatoms. The summed E-state index contributed by atoms with van der Waals surface area (Å²) in [6, 6.07) is 4.34. The molecular weight excluding hydrogens is 200 g/mol. The molecule has 1 saturated carbocycles. The van der Waals surface area contributed by atoms with Gasteiger partial charge in [0.25, 0.3) is 0 Å². The molecule has 0 aliphatic heterocycles.